The summed E-state index contributed by atoms with van der Waals surface area (Å²) in [7, 11) is 1.76. The largest absolute Gasteiger partial charge is 0.454 e. The van der Waals surface area contributed by atoms with Crippen molar-refractivity contribution >= 4 is 33.2 Å². The molecule has 0 saturated carbocycles. The van der Waals surface area contributed by atoms with Gasteiger partial charge in [-0.25, -0.2) is 0 Å². The van der Waals surface area contributed by atoms with Gasteiger partial charge in [-0.15, -0.1) is 11.3 Å². The molecule has 5 nitrogen and oxygen atoms in total. The van der Waals surface area contributed by atoms with Gasteiger partial charge in [0.15, 0.2) is 17.5 Å². The van der Waals surface area contributed by atoms with Crippen LogP contribution in [0.2, 0.25) is 0 Å². The van der Waals surface area contributed by atoms with Crippen molar-refractivity contribution in [2.45, 2.75) is 13.1 Å². The fraction of sp³-hybridized carbons (Fsp3) is 0.267. The Bertz CT molecular complexity index is 687. The molecule has 1 aliphatic heterocycles. The highest BCUT2D eigenvalue weighted by Gasteiger charge is 2.13. The standard InChI is InChI=1S/C15H16BrN3O2S/c1-17-15(19-8-11-3-5-14(16)22-11)18-7-10-2-4-12-13(6-10)21-9-20-12/h2-6H,7-9H2,1H3,(H2,17,18,19). The fourth-order valence-corrected chi connectivity index (χ4v) is 3.50. The molecule has 7 heteroatoms. The zero-order chi connectivity index (χ0) is 15.4. The average molecular weight is 382 g/mol. The second-order valence-electron chi connectivity index (χ2n) is 4.67. The average Bonchev–Trinajstić information content (AvgIpc) is 3.15. The molecule has 0 fully saturated rings. The highest BCUT2D eigenvalue weighted by atomic mass is 79.9. The van der Waals surface area contributed by atoms with Crippen LogP contribution in [-0.4, -0.2) is 19.8 Å². The number of benzene rings is 1. The van der Waals surface area contributed by atoms with Gasteiger partial charge in [0.25, 0.3) is 0 Å². The van der Waals surface area contributed by atoms with Crippen molar-refractivity contribution in [3.63, 3.8) is 0 Å². The number of fused-ring (bicyclic) bond motifs is 1. The Morgan fingerprint density at radius 1 is 1.18 bits per heavy atom. The van der Waals surface area contributed by atoms with Crippen molar-refractivity contribution in [2.24, 2.45) is 4.99 Å². The first-order valence-corrected chi connectivity index (χ1v) is 8.43. The Balaban J connectivity index is 1.52. The van der Waals surface area contributed by atoms with Gasteiger partial charge in [-0.05, 0) is 45.8 Å². The van der Waals surface area contributed by atoms with Crippen molar-refractivity contribution in [3.05, 3.63) is 44.6 Å². The van der Waals surface area contributed by atoms with Gasteiger partial charge in [-0.3, -0.25) is 4.99 Å². The van der Waals surface area contributed by atoms with Gasteiger partial charge < -0.3 is 20.1 Å². The van der Waals surface area contributed by atoms with Crippen LogP contribution in [0, 0.1) is 0 Å². The van der Waals surface area contributed by atoms with E-state index in [1.807, 2.05) is 24.3 Å². The van der Waals surface area contributed by atoms with Crippen LogP contribution >= 0.6 is 27.3 Å². The quantitative estimate of drug-likeness (QED) is 0.630. The molecule has 116 valence electrons. The normalized spacial score (nSPS) is 13.3. The number of nitrogens with zero attached hydrogens (tertiary/aromatic N) is 1. The Morgan fingerprint density at radius 2 is 2.00 bits per heavy atom. The maximum Gasteiger partial charge on any atom is 0.231 e. The number of guanidine groups is 1. The van der Waals surface area contributed by atoms with Crippen LogP contribution in [0.3, 0.4) is 0 Å². The molecule has 1 aliphatic rings. The summed E-state index contributed by atoms with van der Waals surface area (Å²) in [6.07, 6.45) is 0. The number of hydrogen-bond acceptors (Lipinski definition) is 4. The number of halogens is 1. The smallest absolute Gasteiger partial charge is 0.231 e. The van der Waals surface area contributed by atoms with Crippen molar-refractivity contribution < 1.29 is 9.47 Å². The molecule has 2 heterocycles. The van der Waals surface area contributed by atoms with E-state index in [1.54, 1.807) is 18.4 Å². The van der Waals surface area contributed by atoms with E-state index in [4.69, 9.17) is 9.47 Å². The van der Waals surface area contributed by atoms with Gasteiger partial charge in [0, 0.05) is 18.5 Å². The van der Waals surface area contributed by atoms with E-state index in [2.05, 4.69) is 37.6 Å². The van der Waals surface area contributed by atoms with Gasteiger partial charge in [-0.1, -0.05) is 6.07 Å². The molecular formula is C15H16BrN3O2S. The Hall–Kier alpha value is -1.73. The van der Waals surface area contributed by atoms with Crippen LogP contribution in [0.25, 0.3) is 0 Å². The minimum atomic E-state index is 0.297. The molecule has 0 bridgehead atoms. The molecule has 0 radical (unpaired) electrons. The lowest BCUT2D eigenvalue weighted by molar-refractivity contribution is 0.174. The van der Waals surface area contributed by atoms with Crippen LogP contribution in [0.1, 0.15) is 10.4 Å². The Kier molecular flexibility index (Phi) is 4.84. The van der Waals surface area contributed by atoms with E-state index >= 15 is 0 Å². The molecule has 3 rings (SSSR count). The van der Waals surface area contributed by atoms with Gasteiger partial charge in [-0.2, -0.15) is 0 Å². The third-order valence-electron chi connectivity index (χ3n) is 3.18. The molecule has 1 aromatic carbocycles. The highest BCUT2D eigenvalue weighted by Crippen LogP contribution is 2.32. The van der Waals surface area contributed by atoms with Gasteiger partial charge in [0.1, 0.15) is 0 Å². The summed E-state index contributed by atoms with van der Waals surface area (Å²) in [6.45, 7) is 1.72. The SMILES string of the molecule is CN=C(NCc1ccc2c(c1)OCO2)NCc1ccc(Br)s1. The van der Waals surface area contributed by atoms with E-state index < -0.39 is 0 Å². The first kappa shape index (κ1) is 15.2. The molecule has 22 heavy (non-hydrogen) atoms. The molecule has 0 unspecified atom stereocenters. The summed E-state index contributed by atoms with van der Waals surface area (Å²) in [6, 6.07) is 10.1. The van der Waals surface area contributed by atoms with Gasteiger partial charge in [0.05, 0.1) is 10.3 Å². The van der Waals surface area contributed by atoms with E-state index in [1.165, 1.54) is 4.88 Å². The van der Waals surface area contributed by atoms with Crippen molar-refractivity contribution in [3.8, 4) is 11.5 Å². The molecular weight excluding hydrogens is 366 g/mol. The molecule has 0 amide bonds. The summed E-state index contributed by atoms with van der Waals surface area (Å²) in [5.74, 6) is 2.36. The number of rotatable bonds is 4. The van der Waals surface area contributed by atoms with Crippen LogP contribution in [0.5, 0.6) is 11.5 Å². The third kappa shape index (κ3) is 3.72. The van der Waals surface area contributed by atoms with Crippen LogP contribution < -0.4 is 20.1 Å². The van der Waals surface area contributed by atoms with Crippen LogP contribution in [0.15, 0.2) is 39.1 Å². The second-order valence-corrected chi connectivity index (χ2v) is 7.22. The van der Waals surface area contributed by atoms with Gasteiger partial charge >= 0.3 is 0 Å². The predicted octanol–water partition coefficient (Wildman–Crippen LogP) is 3.10. The van der Waals surface area contributed by atoms with E-state index in [-0.39, 0.29) is 0 Å². The number of hydrogen-bond donors (Lipinski definition) is 2. The number of ether oxygens (including phenoxy) is 2. The molecule has 0 saturated heterocycles. The summed E-state index contributed by atoms with van der Waals surface area (Å²) < 4.78 is 11.8. The zero-order valence-corrected chi connectivity index (χ0v) is 14.5. The molecule has 0 spiro atoms. The van der Waals surface area contributed by atoms with Gasteiger partial charge in [0.2, 0.25) is 6.79 Å². The number of aliphatic imine (C=N–C) groups is 1. The minimum absolute atomic E-state index is 0.297. The predicted molar refractivity (Wildman–Crippen MR) is 91.6 cm³/mol. The van der Waals surface area contributed by atoms with Crippen molar-refractivity contribution in [1.82, 2.24) is 10.6 Å². The van der Waals surface area contributed by atoms with Crippen molar-refractivity contribution in [2.75, 3.05) is 13.8 Å². The lowest BCUT2D eigenvalue weighted by atomic mass is 10.2. The molecule has 0 aliphatic carbocycles. The lowest BCUT2D eigenvalue weighted by Crippen LogP contribution is -2.36. The van der Waals surface area contributed by atoms with E-state index in [0.717, 1.165) is 33.4 Å². The van der Waals surface area contributed by atoms with Crippen LogP contribution in [0.4, 0.5) is 0 Å². The highest BCUT2D eigenvalue weighted by molar-refractivity contribution is 9.11. The van der Waals surface area contributed by atoms with Crippen molar-refractivity contribution in [1.29, 1.82) is 0 Å². The molecule has 2 aromatic rings. The monoisotopic (exact) mass is 381 g/mol. The summed E-state index contributed by atoms with van der Waals surface area (Å²) in [5.41, 5.74) is 1.12. The first-order valence-electron chi connectivity index (χ1n) is 6.82. The second kappa shape index (κ2) is 7.02. The summed E-state index contributed by atoms with van der Waals surface area (Å²) >= 11 is 5.17. The third-order valence-corrected chi connectivity index (χ3v) is 4.80. The fourth-order valence-electron chi connectivity index (χ4n) is 2.07. The maximum absolute atomic E-state index is 5.38. The van der Waals surface area contributed by atoms with E-state index in [0.29, 0.717) is 13.3 Å². The topological polar surface area (TPSA) is 54.9 Å². The first-order chi connectivity index (χ1) is 10.7. The number of thiophene rings is 1. The Morgan fingerprint density at radius 3 is 2.77 bits per heavy atom. The summed E-state index contributed by atoms with van der Waals surface area (Å²) in [4.78, 5) is 5.48. The summed E-state index contributed by atoms with van der Waals surface area (Å²) in [5, 5.41) is 6.58. The molecule has 0 atom stereocenters. The van der Waals surface area contributed by atoms with Crippen LogP contribution in [-0.2, 0) is 13.1 Å². The van der Waals surface area contributed by atoms with E-state index in [9.17, 15) is 0 Å². The number of nitrogens with one attached hydrogen (secondary N) is 2. The zero-order valence-electron chi connectivity index (χ0n) is 12.1. The molecule has 2 N–H and O–H groups in total. The lowest BCUT2D eigenvalue weighted by Gasteiger charge is -2.11. The molecule has 1 aromatic heterocycles. The minimum Gasteiger partial charge on any atom is -0.454 e. The maximum atomic E-state index is 5.38. The Labute approximate surface area is 141 Å².